The number of rotatable bonds is 3. The van der Waals surface area contributed by atoms with Gasteiger partial charge in [-0.25, -0.2) is 0 Å². The fraction of sp³-hybridized carbons (Fsp3) is 0.600. The number of piperazine rings is 1. The maximum absolute atomic E-state index is 12.6. The normalized spacial score (nSPS) is 20.0. The molecule has 1 amide bonds. The molecule has 1 aromatic heterocycles. The summed E-state index contributed by atoms with van der Waals surface area (Å²) in [5, 5.41) is 0. The first kappa shape index (κ1) is 19.2. The van der Waals surface area contributed by atoms with Gasteiger partial charge < -0.3 is 22.5 Å². The Kier molecular flexibility index (Phi) is 7.05. The van der Waals surface area contributed by atoms with Crippen LogP contribution in [0.3, 0.4) is 0 Å². The first-order chi connectivity index (χ1) is 11.1. The van der Waals surface area contributed by atoms with Gasteiger partial charge in [-0.15, -0.1) is 0 Å². The average Bonchev–Trinajstić information content (AvgIpc) is 2.62. The summed E-state index contributed by atoms with van der Waals surface area (Å²) in [7, 11) is -2.18. The van der Waals surface area contributed by atoms with Crippen molar-refractivity contribution in [1.82, 2.24) is 14.2 Å². The number of hydrogen-bond donors (Lipinski definition) is 0. The van der Waals surface area contributed by atoms with Crippen LogP contribution in [-0.4, -0.2) is 76.7 Å². The molecular weight excluding hydrogens is 343 g/mol. The molecule has 2 saturated heterocycles. The molecule has 130 valence electrons. The molecule has 0 bridgehead atoms. The third kappa shape index (κ3) is 4.48. The molecule has 0 radical (unpaired) electrons. The summed E-state index contributed by atoms with van der Waals surface area (Å²) in [6.45, 7) is 3.53. The van der Waals surface area contributed by atoms with Crippen LogP contribution in [0.5, 0.6) is 0 Å². The van der Waals surface area contributed by atoms with Gasteiger partial charge in [-0.3, -0.25) is 9.78 Å². The van der Waals surface area contributed by atoms with Gasteiger partial charge in [-0.2, -0.15) is 0 Å². The predicted octanol–water partition coefficient (Wildman–Crippen LogP) is -0.250. The second-order valence-electron chi connectivity index (χ2n) is 5.94. The fourth-order valence-electron chi connectivity index (χ4n) is 3.26. The van der Waals surface area contributed by atoms with Crippen LogP contribution in [0, 0.1) is 5.92 Å². The molecular formula is C15H23AlN4O3S. The number of amides is 1. The van der Waals surface area contributed by atoms with E-state index in [9.17, 15) is 13.2 Å². The van der Waals surface area contributed by atoms with E-state index in [-0.39, 0.29) is 29.2 Å². The van der Waals surface area contributed by atoms with E-state index < -0.39 is 10.9 Å². The first-order valence-corrected chi connectivity index (χ1v) is 8.96. The number of pyridine rings is 1. The van der Waals surface area contributed by atoms with Crippen LogP contribution in [0.1, 0.15) is 12.8 Å². The van der Waals surface area contributed by atoms with Gasteiger partial charge in [0.25, 0.3) is 0 Å². The second-order valence-corrected chi connectivity index (χ2v) is 6.89. The van der Waals surface area contributed by atoms with Gasteiger partial charge in [-0.1, -0.05) is 0 Å². The molecule has 0 spiro atoms. The molecule has 2 aliphatic rings. The zero-order chi connectivity index (χ0) is 16.2. The monoisotopic (exact) mass is 366 g/mol. The number of carbonyl (C=O) groups is 1. The summed E-state index contributed by atoms with van der Waals surface area (Å²) in [4.78, 5) is 20.7. The van der Waals surface area contributed by atoms with Gasteiger partial charge in [-0.05, 0) is 35.9 Å². The quantitative estimate of drug-likeness (QED) is 0.545. The Bertz CT molecular complexity index is 604. The van der Waals surface area contributed by atoms with Crippen molar-refractivity contribution < 1.29 is 13.2 Å². The van der Waals surface area contributed by atoms with Gasteiger partial charge in [0.15, 0.2) is 0 Å². The number of aromatic nitrogens is 1. The molecule has 9 heteroatoms. The van der Waals surface area contributed by atoms with Gasteiger partial charge in [0.05, 0.1) is 0 Å². The maximum atomic E-state index is 12.6. The van der Waals surface area contributed by atoms with Crippen LogP contribution in [0.2, 0.25) is 0 Å². The van der Waals surface area contributed by atoms with Gasteiger partial charge in [0, 0.05) is 63.3 Å². The minimum atomic E-state index is -2.18. The zero-order valence-corrected chi connectivity index (χ0v) is 16.8. The summed E-state index contributed by atoms with van der Waals surface area (Å²) >= 11 is 0. The van der Waals surface area contributed by atoms with E-state index in [0.29, 0.717) is 26.2 Å². The second kappa shape index (κ2) is 8.81. The van der Waals surface area contributed by atoms with Crippen LogP contribution in [0.25, 0.3) is 0 Å². The van der Waals surface area contributed by atoms with Crippen molar-refractivity contribution >= 4 is 39.8 Å². The molecule has 7 nitrogen and oxygen atoms in total. The van der Waals surface area contributed by atoms with E-state index in [1.165, 1.54) is 4.31 Å². The van der Waals surface area contributed by atoms with E-state index in [1.54, 1.807) is 12.4 Å². The third-order valence-electron chi connectivity index (χ3n) is 4.63. The molecule has 1 aromatic rings. The zero-order valence-electron chi connectivity index (χ0n) is 14.0. The van der Waals surface area contributed by atoms with Gasteiger partial charge in [0.1, 0.15) is 0 Å². The molecule has 2 aliphatic heterocycles. The topological polar surface area (TPSA) is 73.8 Å². The van der Waals surface area contributed by atoms with Gasteiger partial charge >= 0.3 is 17.4 Å². The molecule has 2 fully saturated rings. The van der Waals surface area contributed by atoms with E-state index in [2.05, 4.69) is 9.88 Å². The van der Waals surface area contributed by atoms with E-state index in [1.807, 2.05) is 17.0 Å². The third-order valence-corrected chi connectivity index (χ3v) is 5.42. The number of piperidine rings is 1. The van der Waals surface area contributed by atoms with Gasteiger partial charge in [0.2, 0.25) is 5.91 Å². The summed E-state index contributed by atoms with van der Waals surface area (Å²) in [6.07, 6.45) is 5.25. The summed E-state index contributed by atoms with van der Waals surface area (Å²) in [6, 6.07) is 3.98. The molecule has 24 heavy (non-hydrogen) atoms. The number of nitrogens with zero attached hydrogens (tertiary/aromatic N) is 4. The Balaban J connectivity index is 0.00000208. The van der Waals surface area contributed by atoms with Crippen molar-refractivity contribution in [3.05, 3.63) is 24.5 Å². The van der Waals surface area contributed by atoms with Crippen molar-refractivity contribution in [2.75, 3.05) is 44.2 Å². The standard InChI is InChI=1S/C15H21N4O3S.Al.2H/c20-15(18-9-11-19(12-10-18)23(21)22)13-3-7-17(8-4-13)14-1-5-16-6-2-14;;;/h1-2,5-6,13H,3-4,7-12H2;;;/q-1;+1;;. The molecule has 0 aromatic carbocycles. The number of carbonyl (C=O) groups excluding carboxylic acids is 1. The molecule has 0 aliphatic carbocycles. The Morgan fingerprint density at radius 3 is 2.12 bits per heavy atom. The van der Waals surface area contributed by atoms with Crippen LogP contribution < -0.4 is 4.90 Å². The molecule has 0 unspecified atom stereocenters. The summed E-state index contributed by atoms with van der Waals surface area (Å²) in [5.41, 5.74) is 1.15. The Morgan fingerprint density at radius 2 is 1.58 bits per heavy atom. The molecule has 3 rings (SSSR count). The van der Waals surface area contributed by atoms with Crippen molar-refractivity contribution in [2.45, 2.75) is 12.8 Å². The van der Waals surface area contributed by atoms with E-state index in [4.69, 9.17) is 0 Å². The summed E-state index contributed by atoms with van der Waals surface area (Å²) < 4.78 is 23.2. The summed E-state index contributed by atoms with van der Waals surface area (Å²) in [5.74, 6) is 0.230. The van der Waals surface area contributed by atoms with Crippen molar-refractivity contribution in [1.29, 1.82) is 0 Å². The Hall–Kier alpha value is -1.14. The predicted molar refractivity (Wildman–Crippen MR) is 94.6 cm³/mol. The Labute approximate surface area is 154 Å². The fourth-order valence-corrected chi connectivity index (χ4v) is 3.72. The molecule has 0 atom stereocenters. The minimum absolute atomic E-state index is 0. The van der Waals surface area contributed by atoms with Crippen molar-refractivity contribution in [3.8, 4) is 0 Å². The van der Waals surface area contributed by atoms with Crippen LogP contribution in [0.15, 0.2) is 24.5 Å². The molecule has 0 saturated carbocycles. The molecule has 3 heterocycles. The number of hydrogen-bond acceptors (Lipinski definition) is 6. The van der Waals surface area contributed by atoms with Crippen molar-refractivity contribution in [3.63, 3.8) is 0 Å². The van der Waals surface area contributed by atoms with Crippen LogP contribution in [-0.2, 0) is 24.1 Å². The van der Waals surface area contributed by atoms with E-state index >= 15 is 0 Å². The Morgan fingerprint density at radius 1 is 1.00 bits per heavy atom. The first-order valence-electron chi connectivity index (χ1n) is 7.93. The average molecular weight is 366 g/mol. The van der Waals surface area contributed by atoms with Crippen LogP contribution in [0.4, 0.5) is 5.69 Å². The van der Waals surface area contributed by atoms with Crippen LogP contribution >= 0.6 is 0 Å². The van der Waals surface area contributed by atoms with Crippen molar-refractivity contribution in [2.24, 2.45) is 5.92 Å². The molecule has 0 N–H and O–H groups in total. The SMILES string of the molecule is O=C(C1CCN(c2ccncc2)CC1)N1CCN([S-](=O)=O)CC1.[AlH2+]. The number of anilines is 1. The van der Waals surface area contributed by atoms with E-state index in [0.717, 1.165) is 31.6 Å².